The standard InChI is InChI=1S/C14H20N2O2.ClH/c1-18-12-6-4-5-11(9-12)10-16-14(17)13-7-2-3-8-15-13;/h4-6,9,13,15H,2-3,7-8,10H2,1H3,(H,16,17);1H/t13-;/m1./s1. The summed E-state index contributed by atoms with van der Waals surface area (Å²) in [5, 5.41) is 6.20. The summed E-state index contributed by atoms with van der Waals surface area (Å²) in [7, 11) is 1.64. The van der Waals surface area contributed by atoms with E-state index in [0.717, 1.165) is 30.7 Å². The number of rotatable bonds is 4. The molecule has 2 N–H and O–H groups in total. The summed E-state index contributed by atoms with van der Waals surface area (Å²) < 4.78 is 5.15. The third-order valence-electron chi connectivity index (χ3n) is 3.23. The van der Waals surface area contributed by atoms with Crippen molar-refractivity contribution in [3.63, 3.8) is 0 Å². The first kappa shape index (κ1) is 15.8. The highest BCUT2D eigenvalue weighted by atomic mass is 35.5. The van der Waals surface area contributed by atoms with Crippen molar-refractivity contribution in [2.24, 2.45) is 0 Å². The molecule has 106 valence electrons. The smallest absolute Gasteiger partial charge is 0.237 e. The van der Waals surface area contributed by atoms with Crippen molar-refractivity contribution in [2.75, 3.05) is 13.7 Å². The first-order chi connectivity index (χ1) is 8.79. The van der Waals surface area contributed by atoms with E-state index in [1.54, 1.807) is 7.11 Å². The monoisotopic (exact) mass is 284 g/mol. The summed E-state index contributed by atoms with van der Waals surface area (Å²) in [5.41, 5.74) is 1.05. The largest absolute Gasteiger partial charge is 0.497 e. The molecule has 1 aromatic carbocycles. The van der Waals surface area contributed by atoms with Gasteiger partial charge in [0, 0.05) is 6.54 Å². The van der Waals surface area contributed by atoms with Crippen LogP contribution in [0.1, 0.15) is 24.8 Å². The number of piperidine rings is 1. The molecule has 0 aromatic heterocycles. The summed E-state index contributed by atoms with van der Waals surface area (Å²) >= 11 is 0. The first-order valence-electron chi connectivity index (χ1n) is 6.43. The lowest BCUT2D eigenvalue weighted by Crippen LogP contribution is -2.46. The van der Waals surface area contributed by atoms with Gasteiger partial charge in [0.05, 0.1) is 13.2 Å². The van der Waals surface area contributed by atoms with E-state index in [9.17, 15) is 4.79 Å². The highest BCUT2D eigenvalue weighted by Crippen LogP contribution is 2.12. The first-order valence-corrected chi connectivity index (χ1v) is 6.43. The second-order valence-corrected chi connectivity index (χ2v) is 4.57. The van der Waals surface area contributed by atoms with Crippen LogP contribution in [-0.4, -0.2) is 25.6 Å². The van der Waals surface area contributed by atoms with Crippen molar-refractivity contribution < 1.29 is 9.53 Å². The van der Waals surface area contributed by atoms with Crippen LogP contribution in [-0.2, 0) is 11.3 Å². The van der Waals surface area contributed by atoms with E-state index in [-0.39, 0.29) is 24.4 Å². The van der Waals surface area contributed by atoms with Crippen LogP contribution in [0.3, 0.4) is 0 Å². The Hall–Kier alpha value is -1.26. The number of methoxy groups -OCH3 is 1. The number of carbonyl (C=O) groups is 1. The molecule has 1 aliphatic heterocycles. The topological polar surface area (TPSA) is 50.4 Å². The van der Waals surface area contributed by atoms with Gasteiger partial charge in [0.1, 0.15) is 5.75 Å². The SMILES string of the molecule is COc1cccc(CNC(=O)[C@H]2CCCCN2)c1.Cl. The van der Waals surface area contributed by atoms with Gasteiger partial charge in [-0.05, 0) is 37.1 Å². The average molecular weight is 285 g/mol. The molecule has 4 nitrogen and oxygen atoms in total. The molecule has 1 aromatic rings. The Morgan fingerprint density at radius 2 is 2.32 bits per heavy atom. The lowest BCUT2D eigenvalue weighted by atomic mass is 10.0. The van der Waals surface area contributed by atoms with Gasteiger partial charge < -0.3 is 15.4 Å². The van der Waals surface area contributed by atoms with Gasteiger partial charge in [-0.25, -0.2) is 0 Å². The van der Waals surface area contributed by atoms with Crippen LogP contribution in [0.15, 0.2) is 24.3 Å². The number of halogens is 1. The second kappa shape index (κ2) is 8.02. The van der Waals surface area contributed by atoms with Gasteiger partial charge in [-0.1, -0.05) is 18.6 Å². The van der Waals surface area contributed by atoms with Crippen molar-refractivity contribution in [2.45, 2.75) is 31.8 Å². The van der Waals surface area contributed by atoms with E-state index in [1.165, 1.54) is 6.42 Å². The molecule has 0 aliphatic carbocycles. The number of amides is 1. The Bertz CT molecular complexity index is 406. The number of carbonyl (C=O) groups excluding carboxylic acids is 1. The highest BCUT2D eigenvalue weighted by molar-refractivity contribution is 5.85. The second-order valence-electron chi connectivity index (χ2n) is 4.57. The molecule has 0 spiro atoms. The van der Waals surface area contributed by atoms with Crippen LogP contribution in [0.5, 0.6) is 5.75 Å². The Labute approximate surface area is 120 Å². The zero-order chi connectivity index (χ0) is 12.8. The summed E-state index contributed by atoms with van der Waals surface area (Å²) in [6.07, 6.45) is 3.23. The molecule has 1 amide bonds. The maximum atomic E-state index is 11.9. The molecule has 2 rings (SSSR count). The Balaban J connectivity index is 0.00000180. The molecule has 0 saturated carbocycles. The molecule has 0 bridgehead atoms. The molecule has 1 atom stereocenters. The molecular formula is C14H21ClN2O2. The third-order valence-corrected chi connectivity index (χ3v) is 3.23. The van der Waals surface area contributed by atoms with E-state index in [4.69, 9.17) is 4.74 Å². The molecular weight excluding hydrogens is 264 g/mol. The number of benzene rings is 1. The number of nitrogens with one attached hydrogen (secondary N) is 2. The molecule has 1 saturated heterocycles. The van der Waals surface area contributed by atoms with Crippen LogP contribution in [0, 0.1) is 0 Å². The van der Waals surface area contributed by atoms with E-state index in [0.29, 0.717) is 6.54 Å². The van der Waals surface area contributed by atoms with E-state index >= 15 is 0 Å². The van der Waals surface area contributed by atoms with E-state index < -0.39 is 0 Å². The third kappa shape index (κ3) is 4.73. The summed E-state index contributed by atoms with van der Waals surface area (Å²) in [4.78, 5) is 11.9. The quantitative estimate of drug-likeness (QED) is 0.888. The number of ether oxygens (including phenoxy) is 1. The minimum Gasteiger partial charge on any atom is -0.497 e. The fourth-order valence-electron chi connectivity index (χ4n) is 2.17. The van der Waals surface area contributed by atoms with Gasteiger partial charge in [-0.3, -0.25) is 4.79 Å². The van der Waals surface area contributed by atoms with Crippen LogP contribution >= 0.6 is 12.4 Å². The predicted molar refractivity (Wildman–Crippen MR) is 77.7 cm³/mol. The average Bonchev–Trinajstić information content (AvgIpc) is 2.46. The van der Waals surface area contributed by atoms with Gasteiger partial charge in [-0.2, -0.15) is 0 Å². The number of hydrogen-bond donors (Lipinski definition) is 2. The van der Waals surface area contributed by atoms with Crippen LogP contribution in [0.25, 0.3) is 0 Å². The lowest BCUT2D eigenvalue weighted by molar-refractivity contribution is -0.123. The number of hydrogen-bond acceptors (Lipinski definition) is 3. The normalized spacial score (nSPS) is 18.3. The molecule has 5 heteroatoms. The van der Waals surface area contributed by atoms with Gasteiger partial charge in [0.15, 0.2) is 0 Å². The molecule has 19 heavy (non-hydrogen) atoms. The van der Waals surface area contributed by atoms with Gasteiger partial charge in [-0.15, -0.1) is 12.4 Å². The summed E-state index contributed by atoms with van der Waals surface area (Å²) in [5.74, 6) is 0.912. The van der Waals surface area contributed by atoms with Gasteiger partial charge in [0.2, 0.25) is 5.91 Å². The van der Waals surface area contributed by atoms with Crippen molar-refractivity contribution in [3.05, 3.63) is 29.8 Å². The predicted octanol–water partition coefficient (Wildman–Crippen LogP) is 1.88. The molecule has 1 fully saturated rings. The van der Waals surface area contributed by atoms with Crippen molar-refractivity contribution >= 4 is 18.3 Å². The van der Waals surface area contributed by atoms with Crippen LogP contribution in [0.2, 0.25) is 0 Å². The van der Waals surface area contributed by atoms with Gasteiger partial charge in [0.25, 0.3) is 0 Å². The highest BCUT2D eigenvalue weighted by Gasteiger charge is 2.19. The minimum absolute atomic E-state index is 0. The zero-order valence-electron chi connectivity index (χ0n) is 11.1. The fourth-order valence-corrected chi connectivity index (χ4v) is 2.17. The molecule has 1 heterocycles. The maximum Gasteiger partial charge on any atom is 0.237 e. The lowest BCUT2D eigenvalue weighted by Gasteiger charge is -2.22. The fraction of sp³-hybridized carbons (Fsp3) is 0.500. The Morgan fingerprint density at radius 1 is 1.47 bits per heavy atom. The summed E-state index contributed by atoms with van der Waals surface area (Å²) in [6, 6.07) is 7.73. The van der Waals surface area contributed by atoms with Crippen molar-refractivity contribution in [3.8, 4) is 5.75 Å². The molecule has 1 aliphatic rings. The zero-order valence-corrected chi connectivity index (χ0v) is 12.0. The van der Waals surface area contributed by atoms with Gasteiger partial charge >= 0.3 is 0 Å². The Morgan fingerprint density at radius 3 is 3.00 bits per heavy atom. The molecule has 0 radical (unpaired) electrons. The van der Waals surface area contributed by atoms with E-state index in [2.05, 4.69) is 10.6 Å². The van der Waals surface area contributed by atoms with Crippen LogP contribution in [0.4, 0.5) is 0 Å². The molecule has 0 unspecified atom stereocenters. The van der Waals surface area contributed by atoms with Crippen molar-refractivity contribution in [1.29, 1.82) is 0 Å². The van der Waals surface area contributed by atoms with E-state index in [1.807, 2.05) is 24.3 Å². The maximum absolute atomic E-state index is 11.9. The van der Waals surface area contributed by atoms with Crippen molar-refractivity contribution in [1.82, 2.24) is 10.6 Å². The van der Waals surface area contributed by atoms with Crippen LogP contribution < -0.4 is 15.4 Å². The summed E-state index contributed by atoms with van der Waals surface area (Å²) in [6.45, 7) is 1.49. The minimum atomic E-state index is -0.0237. The Kier molecular flexibility index (Phi) is 6.67.